The van der Waals surface area contributed by atoms with E-state index in [1.165, 1.54) is 20.4 Å². The Hall–Kier alpha value is -4.75. The summed E-state index contributed by atoms with van der Waals surface area (Å²) in [5, 5.41) is 9.98. The second kappa shape index (κ2) is 16.0. The molecule has 12 nitrogen and oxygen atoms in total. The van der Waals surface area contributed by atoms with Gasteiger partial charge in [-0.3, -0.25) is 4.79 Å². The number of hydrogen-bond donors (Lipinski definition) is 3. The number of amides is 3. The summed E-state index contributed by atoms with van der Waals surface area (Å²) in [7, 11) is 2.96. The van der Waals surface area contributed by atoms with Crippen molar-refractivity contribution in [2.45, 2.75) is 26.5 Å². The van der Waals surface area contributed by atoms with Gasteiger partial charge in [-0.15, -0.1) is 0 Å². The van der Waals surface area contributed by atoms with Gasteiger partial charge >= 0.3 is 12.0 Å². The number of benzene rings is 3. The second-order valence-corrected chi connectivity index (χ2v) is 11.0. The van der Waals surface area contributed by atoms with Crippen molar-refractivity contribution >= 4 is 51.7 Å². The molecular formula is C32H32BrClN4O8. The van der Waals surface area contributed by atoms with Gasteiger partial charge < -0.3 is 34.3 Å². The number of rotatable bonds is 13. The summed E-state index contributed by atoms with van der Waals surface area (Å²) in [6.45, 7) is 3.44. The van der Waals surface area contributed by atoms with Gasteiger partial charge in [0, 0.05) is 10.7 Å². The molecule has 0 bridgehead atoms. The van der Waals surface area contributed by atoms with Gasteiger partial charge in [0.25, 0.3) is 5.91 Å². The van der Waals surface area contributed by atoms with Gasteiger partial charge in [-0.2, -0.15) is 5.10 Å². The first-order valence-corrected chi connectivity index (χ1v) is 15.1. The van der Waals surface area contributed by atoms with Gasteiger partial charge in [0.1, 0.15) is 6.61 Å². The third-order valence-electron chi connectivity index (χ3n) is 6.60. The molecule has 46 heavy (non-hydrogen) atoms. The summed E-state index contributed by atoms with van der Waals surface area (Å²) < 4.78 is 28.4. The molecule has 242 valence electrons. The van der Waals surface area contributed by atoms with Gasteiger partial charge in [-0.1, -0.05) is 29.8 Å². The molecule has 0 aromatic heterocycles. The molecular weight excluding hydrogens is 684 g/mol. The number of ether oxygens (including phenoxy) is 5. The van der Waals surface area contributed by atoms with Crippen LogP contribution in [0.25, 0.3) is 0 Å². The lowest BCUT2D eigenvalue weighted by atomic mass is 9.95. The van der Waals surface area contributed by atoms with Crippen molar-refractivity contribution in [3.63, 3.8) is 0 Å². The second-order valence-electron chi connectivity index (χ2n) is 9.73. The topological polar surface area (TPSA) is 146 Å². The Bertz CT molecular complexity index is 1660. The minimum absolute atomic E-state index is 0.178. The third kappa shape index (κ3) is 8.70. The lowest BCUT2D eigenvalue weighted by molar-refractivity contribution is -0.139. The van der Waals surface area contributed by atoms with Crippen LogP contribution in [0.3, 0.4) is 0 Å². The van der Waals surface area contributed by atoms with E-state index in [2.05, 4.69) is 37.1 Å². The molecule has 14 heteroatoms. The highest BCUT2D eigenvalue weighted by Gasteiger charge is 2.32. The molecule has 1 aliphatic rings. The molecule has 1 heterocycles. The lowest BCUT2D eigenvalue weighted by Crippen LogP contribution is -2.45. The maximum absolute atomic E-state index is 12.6. The Morgan fingerprint density at radius 1 is 1.02 bits per heavy atom. The first kappa shape index (κ1) is 34.1. The molecule has 0 spiro atoms. The molecule has 3 aromatic carbocycles. The van der Waals surface area contributed by atoms with E-state index >= 15 is 0 Å². The van der Waals surface area contributed by atoms with Crippen molar-refractivity contribution in [3.05, 3.63) is 92.1 Å². The normalized spacial score (nSPS) is 14.3. The Labute approximate surface area is 279 Å². The average molecular weight is 716 g/mol. The van der Waals surface area contributed by atoms with E-state index in [0.717, 1.165) is 5.56 Å². The fourth-order valence-electron chi connectivity index (χ4n) is 4.45. The number of halogens is 2. The Kier molecular flexibility index (Phi) is 11.9. The number of carbonyl (C=O) groups excluding carboxylic acids is 3. The minimum atomic E-state index is -0.781. The SMILES string of the molecule is CCOC(=O)C1=C(C)NC(=O)N[C@H]1c1ccc(OCC(=O)N/N=C\c2cc(Br)c(OCc3ccc(Cl)cc3)c(OC)c2)c(OC)c1. The van der Waals surface area contributed by atoms with Crippen LogP contribution in [0, 0.1) is 0 Å². The minimum Gasteiger partial charge on any atom is -0.493 e. The van der Waals surface area contributed by atoms with Gasteiger partial charge in [-0.25, -0.2) is 15.0 Å². The van der Waals surface area contributed by atoms with Crippen LogP contribution >= 0.6 is 27.5 Å². The lowest BCUT2D eigenvalue weighted by Gasteiger charge is -2.28. The highest BCUT2D eigenvalue weighted by atomic mass is 79.9. The van der Waals surface area contributed by atoms with Crippen molar-refractivity contribution in [1.82, 2.24) is 16.1 Å². The van der Waals surface area contributed by atoms with E-state index in [9.17, 15) is 14.4 Å². The molecule has 1 aliphatic heterocycles. The molecule has 4 rings (SSSR count). The molecule has 0 saturated heterocycles. The summed E-state index contributed by atoms with van der Waals surface area (Å²) >= 11 is 9.46. The first-order valence-electron chi connectivity index (χ1n) is 14.0. The summed E-state index contributed by atoms with van der Waals surface area (Å²) in [5.74, 6) is 0.463. The largest absolute Gasteiger partial charge is 0.493 e. The highest BCUT2D eigenvalue weighted by molar-refractivity contribution is 9.10. The van der Waals surface area contributed by atoms with E-state index in [-0.39, 0.29) is 30.3 Å². The summed E-state index contributed by atoms with van der Waals surface area (Å²) in [6.07, 6.45) is 1.45. The fourth-order valence-corrected chi connectivity index (χ4v) is 5.15. The van der Waals surface area contributed by atoms with Crippen molar-refractivity contribution in [1.29, 1.82) is 0 Å². The van der Waals surface area contributed by atoms with Gasteiger partial charge in [0.15, 0.2) is 29.6 Å². The van der Waals surface area contributed by atoms with E-state index < -0.39 is 23.9 Å². The Morgan fingerprint density at radius 3 is 2.46 bits per heavy atom. The van der Waals surface area contributed by atoms with Crippen LogP contribution in [0.15, 0.2) is 75.4 Å². The number of hydrogen-bond acceptors (Lipinski definition) is 9. The van der Waals surface area contributed by atoms with Crippen LogP contribution < -0.4 is 35.0 Å². The first-order chi connectivity index (χ1) is 22.1. The molecule has 3 N–H and O–H groups in total. The van der Waals surface area contributed by atoms with E-state index in [4.69, 9.17) is 35.3 Å². The van der Waals surface area contributed by atoms with Crippen molar-refractivity contribution in [2.24, 2.45) is 5.10 Å². The average Bonchev–Trinajstić information content (AvgIpc) is 3.03. The summed E-state index contributed by atoms with van der Waals surface area (Å²) in [6, 6.07) is 14.4. The molecule has 0 aliphatic carbocycles. The van der Waals surface area contributed by atoms with E-state index in [1.807, 2.05) is 12.1 Å². The Morgan fingerprint density at radius 2 is 1.76 bits per heavy atom. The van der Waals surface area contributed by atoms with Crippen molar-refractivity contribution in [2.75, 3.05) is 27.4 Å². The third-order valence-corrected chi connectivity index (χ3v) is 7.44. The molecule has 3 amide bonds. The van der Waals surface area contributed by atoms with Gasteiger partial charge in [-0.05, 0) is 82.9 Å². The molecule has 0 unspecified atom stereocenters. The molecule has 1 atom stereocenters. The number of carbonyl (C=O) groups is 3. The number of methoxy groups -OCH3 is 2. The van der Waals surface area contributed by atoms with Crippen LogP contribution in [-0.4, -0.2) is 51.6 Å². The predicted octanol–water partition coefficient (Wildman–Crippen LogP) is 5.42. The van der Waals surface area contributed by atoms with Crippen LogP contribution in [0.2, 0.25) is 5.02 Å². The van der Waals surface area contributed by atoms with E-state index in [1.54, 1.807) is 56.3 Å². The molecule has 0 saturated carbocycles. The fraction of sp³-hybridized carbons (Fsp3) is 0.250. The van der Waals surface area contributed by atoms with Crippen molar-refractivity contribution < 1.29 is 38.1 Å². The van der Waals surface area contributed by atoms with Crippen LogP contribution in [0.4, 0.5) is 4.79 Å². The van der Waals surface area contributed by atoms with Gasteiger partial charge in [0.2, 0.25) is 0 Å². The number of nitrogens with zero attached hydrogens (tertiary/aromatic N) is 1. The standard InChI is InChI=1S/C32H32BrClN4O8/c1-5-44-31(40)28-18(2)36-32(41)37-29(28)21-8-11-24(25(14-21)42-3)45-17-27(39)38-35-15-20-12-23(33)30(26(13-20)43-4)46-16-19-6-9-22(34)10-7-19/h6-15,29H,5,16-17H2,1-4H3,(H,38,39)(H2,36,37,41)/b35-15-/t29-/m0/s1. The van der Waals surface area contributed by atoms with Crippen LogP contribution in [0.5, 0.6) is 23.0 Å². The van der Waals surface area contributed by atoms with Gasteiger partial charge in [0.05, 0.1) is 43.1 Å². The monoisotopic (exact) mass is 714 g/mol. The zero-order chi connectivity index (χ0) is 33.2. The summed E-state index contributed by atoms with van der Waals surface area (Å²) in [4.78, 5) is 37.3. The predicted molar refractivity (Wildman–Crippen MR) is 174 cm³/mol. The maximum Gasteiger partial charge on any atom is 0.338 e. The molecule has 0 radical (unpaired) electrons. The highest BCUT2D eigenvalue weighted by Crippen LogP contribution is 2.37. The molecule has 0 fully saturated rings. The number of urea groups is 1. The summed E-state index contributed by atoms with van der Waals surface area (Å²) in [5.41, 5.74) is 5.19. The smallest absolute Gasteiger partial charge is 0.338 e. The Balaban J connectivity index is 1.37. The van der Waals surface area contributed by atoms with E-state index in [0.29, 0.717) is 44.4 Å². The number of hydrazone groups is 1. The van der Waals surface area contributed by atoms with Crippen molar-refractivity contribution in [3.8, 4) is 23.0 Å². The number of nitrogens with one attached hydrogen (secondary N) is 3. The zero-order valence-electron chi connectivity index (χ0n) is 25.4. The quantitative estimate of drug-likeness (QED) is 0.121. The van der Waals surface area contributed by atoms with Crippen LogP contribution in [0.1, 0.15) is 36.6 Å². The van der Waals surface area contributed by atoms with Crippen LogP contribution in [-0.2, 0) is 20.9 Å². The maximum atomic E-state index is 12.6. The number of esters is 1. The number of allylic oxidation sites excluding steroid dienone is 1. The molecule has 3 aromatic rings. The zero-order valence-corrected chi connectivity index (χ0v) is 27.8.